The van der Waals surface area contributed by atoms with E-state index >= 15 is 0 Å². The number of hydrogen-bond donors (Lipinski definition) is 3. The van der Waals surface area contributed by atoms with Gasteiger partial charge >= 0.3 is 0 Å². The Morgan fingerprint density at radius 3 is 2.52 bits per heavy atom. The van der Waals surface area contributed by atoms with Crippen LogP contribution in [0.15, 0.2) is 77.2 Å². The number of para-hydroxylation sites is 1. The summed E-state index contributed by atoms with van der Waals surface area (Å²) in [6.07, 6.45) is 4.31. The van der Waals surface area contributed by atoms with E-state index in [9.17, 15) is 0 Å². The van der Waals surface area contributed by atoms with E-state index in [1.54, 1.807) is 6.08 Å². The second-order valence-electron chi connectivity index (χ2n) is 5.15. The van der Waals surface area contributed by atoms with Gasteiger partial charge in [-0.05, 0) is 48.8 Å². The molecule has 0 saturated heterocycles. The van der Waals surface area contributed by atoms with Gasteiger partial charge in [0.2, 0.25) is 0 Å². The maximum atomic E-state index is 8.36. The van der Waals surface area contributed by atoms with Crippen LogP contribution >= 0.6 is 0 Å². The van der Waals surface area contributed by atoms with Crippen LogP contribution in [0.1, 0.15) is 20.3 Å². The van der Waals surface area contributed by atoms with Gasteiger partial charge in [0, 0.05) is 23.5 Å². The van der Waals surface area contributed by atoms with E-state index in [1.807, 2.05) is 50.3 Å². The molecule has 0 fully saturated rings. The molecule has 3 heteroatoms. The van der Waals surface area contributed by atoms with E-state index in [4.69, 9.17) is 11.1 Å². The molecule has 0 bridgehead atoms. The first-order valence-electron chi connectivity index (χ1n) is 6.93. The Morgan fingerprint density at radius 1 is 1.29 bits per heavy atom. The number of rotatable bonds is 5. The first-order valence-corrected chi connectivity index (χ1v) is 6.93. The fourth-order valence-corrected chi connectivity index (χ4v) is 2.25. The molecule has 2 rings (SSSR count). The average Bonchev–Trinajstić information content (AvgIpc) is 2.87. The molecule has 0 aliphatic heterocycles. The number of benzene rings is 1. The summed E-state index contributed by atoms with van der Waals surface area (Å²) in [6, 6.07) is 9.95. The van der Waals surface area contributed by atoms with Crippen molar-refractivity contribution in [2.24, 2.45) is 5.73 Å². The normalized spacial score (nSPS) is 15.4. The Kier molecular flexibility index (Phi) is 4.43. The van der Waals surface area contributed by atoms with Gasteiger partial charge in [0.1, 0.15) is 0 Å². The van der Waals surface area contributed by atoms with Crippen LogP contribution in [-0.4, -0.2) is 5.71 Å². The van der Waals surface area contributed by atoms with E-state index in [1.165, 1.54) is 0 Å². The molecule has 1 aliphatic rings. The minimum atomic E-state index is 0.524. The number of allylic oxidation sites excluding steroid dienone is 6. The molecule has 0 unspecified atom stereocenters. The summed E-state index contributed by atoms with van der Waals surface area (Å²) < 4.78 is 0. The zero-order valence-corrected chi connectivity index (χ0v) is 12.5. The molecule has 0 amide bonds. The van der Waals surface area contributed by atoms with Crippen molar-refractivity contribution < 1.29 is 0 Å². The molecule has 21 heavy (non-hydrogen) atoms. The first kappa shape index (κ1) is 14.9. The van der Waals surface area contributed by atoms with Crippen molar-refractivity contribution in [1.29, 1.82) is 5.41 Å². The summed E-state index contributed by atoms with van der Waals surface area (Å²) in [4.78, 5) is 0. The van der Waals surface area contributed by atoms with Gasteiger partial charge in [-0.2, -0.15) is 0 Å². The fraction of sp³-hybridized carbons (Fsp3) is 0.167. The predicted molar refractivity (Wildman–Crippen MR) is 90.3 cm³/mol. The Labute approximate surface area is 126 Å². The predicted octanol–water partition coefficient (Wildman–Crippen LogP) is 4.14. The molecule has 0 aromatic heterocycles. The minimum Gasteiger partial charge on any atom is -0.401 e. The van der Waals surface area contributed by atoms with E-state index in [-0.39, 0.29) is 0 Å². The Hall–Kier alpha value is -2.55. The molecule has 0 atom stereocenters. The molecule has 3 nitrogen and oxygen atoms in total. The van der Waals surface area contributed by atoms with Gasteiger partial charge < -0.3 is 16.5 Å². The quantitative estimate of drug-likeness (QED) is 0.709. The molecule has 0 saturated carbocycles. The minimum absolute atomic E-state index is 0.524. The van der Waals surface area contributed by atoms with Crippen molar-refractivity contribution >= 4 is 11.4 Å². The zero-order valence-electron chi connectivity index (χ0n) is 12.5. The highest BCUT2D eigenvalue weighted by Gasteiger charge is 2.17. The van der Waals surface area contributed by atoms with Crippen molar-refractivity contribution in [3.8, 4) is 0 Å². The second kappa shape index (κ2) is 6.27. The SMILES string of the molecule is C=CC1=C(N)CC(C(=N)/C(C)=C(/C)Nc2ccccc2)=C1. The molecule has 0 radical (unpaired) electrons. The summed E-state index contributed by atoms with van der Waals surface area (Å²) >= 11 is 0. The van der Waals surface area contributed by atoms with Crippen LogP contribution < -0.4 is 11.1 Å². The third-order valence-corrected chi connectivity index (χ3v) is 3.67. The number of nitrogens with one attached hydrogen (secondary N) is 2. The van der Waals surface area contributed by atoms with Gasteiger partial charge in [-0.15, -0.1) is 0 Å². The second-order valence-corrected chi connectivity index (χ2v) is 5.15. The lowest BCUT2D eigenvalue weighted by molar-refractivity contribution is 1.15. The van der Waals surface area contributed by atoms with Crippen molar-refractivity contribution in [1.82, 2.24) is 0 Å². The van der Waals surface area contributed by atoms with Gasteiger partial charge in [-0.1, -0.05) is 30.9 Å². The molecule has 0 heterocycles. The highest BCUT2D eigenvalue weighted by atomic mass is 14.9. The van der Waals surface area contributed by atoms with Crippen LogP contribution in [0.4, 0.5) is 5.69 Å². The molecule has 0 spiro atoms. The number of hydrogen-bond acceptors (Lipinski definition) is 3. The topological polar surface area (TPSA) is 61.9 Å². The maximum absolute atomic E-state index is 8.36. The maximum Gasteiger partial charge on any atom is 0.0622 e. The average molecular weight is 279 g/mol. The lowest BCUT2D eigenvalue weighted by atomic mass is 10.0. The third kappa shape index (κ3) is 3.31. The van der Waals surface area contributed by atoms with Crippen LogP contribution in [-0.2, 0) is 0 Å². The Bertz CT molecular complexity index is 661. The van der Waals surface area contributed by atoms with Crippen LogP contribution in [0.5, 0.6) is 0 Å². The summed E-state index contributed by atoms with van der Waals surface area (Å²) in [6.45, 7) is 7.68. The molecule has 108 valence electrons. The molecular weight excluding hydrogens is 258 g/mol. The number of nitrogens with two attached hydrogens (primary N) is 1. The van der Waals surface area contributed by atoms with Gasteiger partial charge in [0.05, 0.1) is 5.71 Å². The molecule has 1 aromatic carbocycles. The number of anilines is 1. The van der Waals surface area contributed by atoms with Crippen molar-refractivity contribution in [2.75, 3.05) is 5.32 Å². The van der Waals surface area contributed by atoms with E-state index in [0.29, 0.717) is 12.1 Å². The van der Waals surface area contributed by atoms with E-state index in [2.05, 4.69) is 11.9 Å². The largest absolute Gasteiger partial charge is 0.401 e. The highest BCUT2D eigenvalue weighted by Crippen LogP contribution is 2.26. The first-order chi connectivity index (χ1) is 10.0. The Balaban J connectivity index is 2.16. The van der Waals surface area contributed by atoms with E-state index < -0.39 is 0 Å². The summed E-state index contributed by atoms with van der Waals surface area (Å²) in [5.41, 5.74) is 12.0. The molecular formula is C18H21N3. The standard InChI is InChI=1S/C18H21N3/c1-4-14-10-15(11-17(14)19)18(20)12(2)13(3)21-16-8-6-5-7-9-16/h4-10,20-21H,1,11,19H2,2-3H3/b13-12-,20-18?. The smallest absolute Gasteiger partial charge is 0.0622 e. The zero-order chi connectivity index (χ0) is 15.4. The van der Waals surface area contributed by atoms with Gasteiger partial charge in [-0.3, -0.25) is 0 Å². The highest BCUT2D eigenvalue weighted by molar-refractivity contribution is 6.11. The van der Waals surface area contributed by atoms with Gasteiger partial charge in [0.25, 0.3) is 0 Å². The third-order valence-electron chi connectivity index (χ3n) is 3.67. The lowest BCUT2D eigenvalue weighted by Crippen LogP contribution is -2.09. The van der Waals surface area contributed by atoms with Crippen LogP contribution in [0, 0.1) is 5.41 Å². The summed E-state index contributed by atoms with van der Waals surface area (Å²) in [5.74, 6) is 0. The molecule has 1 aromatic rings. The molecule has 4 N–H and O–H groups in total. The van der Waals surface area contributed by atoms with Crippen LogP contribution in [0.25, 0.3) is 0 Å². The van der Waals surface area contributed by atoms with Crippen LogP contribution in [0.3, 0.4) is 0 Å². The van der Waals surface area contributed by atoms with Crippen molar-refractivity contribution in [3.63, 3.8) is 0 Å². The molecule has 1 aliphatic carbocycles. The summed E-state index contributed by atoms with van der Waals surface area (Å²) in [7, 11) is 0. The lowest BCUT2D eigenvalue weighted by Gasteiger charge is -2.13. The van der Waals surface area contributed by atoms with Gasteiger partial charge in [0.15, 0.2) is 0 Å². The fourth-order valence-electron chi connectivity index (χ4n) is 2.25. The van der Waals surface area contributed by atoms with Crippen molar-refractivity contribution in [2.45, 2.75) is 20.3 Å². The monoisotopic (exact) mass is 279 g/mol. The van der Waals surface area contributed by atoms with Crippen LogP contribution in [0.2, 0.25) is 0 Å². The van der Waals surface area contributed by atoms with Crippen molar-refractivity contribution in [3.05, 3.63) is 77.2 Å². The van der Waals surface area contributed by atoms with Gasteiger partial charge in [-0.25, -0.2) is 0 Å². The van der Waals surface area contributed by atoms with E-state index in [0.717, 1.165) is 33.8 Å². The Morgan fingerprint density at radius 2 is 1.95 bits per heavy atom. The summed E-state index contributed by atoms with van der Waals surface area (Å²) in [5, 5.41) is 11.7.